The molecule has 1 atom stereocenters. The van der Waals surface area contributed by atoms with Crippen molar-refractivity contribution in [2.24, 2.45) is 0 Å². The summed E-state index contributed by atoms with van der Waals surface area (Å²) in [6.45, 7) is 8.50. The summed E-state index contributed by atoms with van der Waals surface area (Å²) < 4.78 is 0. The molecule has 5 heteroatoms. The van der Waals surface area contributed by atoms with E-state index in [2.05, 4.69) is 46.6 Å². The van der Waals surface area contributed by atoms with E-state index in [0.29, 0.717) is 12.0 Å². The highest BCUT2D eigenvalue weighted by Crippen LogP contribution is 2.23. The van der Waals surface area contributed by atoms with Crippen LogP contribution in [0.5, 0.6) is 0 Å². The lowest BCUT2D eigenvalue weighted by Gasteiger charge is -2.30. The van der Waals surface area contributed by atoms with Gasteiger partial charge < -0.3 is 5.32 Å². The fraction of sp³-hybridized carbons (Fsp3) is 0.579. The third-order valence-corrected chi connectivity index (χ3v) is 5.78. The lowest BCUT2D eigenvalue weighted by molar-refractivity contribution is 0.160. The highest BCUT2D eigenvalue weighted by molar-refractivity contribution is 7.09. The minimum Gasteiger partial charge on any atom is -0.317 e. The van der Waals surface area contributed by atoms with E-state index in [0.717, 1.165) is 31.9 Å². The molecule has 3 heterocycles. The molecule has 2 aromatic heterocycles. The molecule has 0 saturated carbocycles. The van der Waals surface area contributed by atoms with Gasteiger partial charge in [0.15, 0.2) is 0 Å². The predicted octanol–water partition coefficient (Wildman–Crippen LogP) is 3.81. The van der Waals surface area contributed by atoms with Crippen molar-refractivity contribution in [2.75, 3.05) is 13.1 Å². The van der Waals surface area contributed by atoms with Gasteiger partial charge in [-0.15, -0.1) is 11.3 Å². The molecule has 1 unspecified atom stereocenters. The average molecular weight is 345 g/mol. The first kappa shape index (κ1) is 17.5. The Hall–Kier alpha value is -1.30. The smallest absolute Gasteiger partial charge is 0.0954 e. The summed E-state index contributed by atoms with van der Waals surface area (Å²) in [7, 11) is 0. The van der Waals surface area contributed by atoms with Crippen LogP contribution in [0.1, 0.15) is 55.4 Å². The van der Waals surface area contributed by atoms with E-state index in [4.69, 9.17) is 4.98 Å². The molecule has 0 amide bonds. The fourth-order valence-corrected chi connectivity index (χ4v) is 4.07. The van der Waals surface area contributed by atoms with E-state index in [1.165, 1.54) is 30.0 Å². The van der Waals surface area contributed by atoms with Crippen LogP contribution in [0.15, 0.2) is 29.8 Å². The van der Waals surface area contributed by atoms with E-state index in [9.17, 15) is 0 Å². The maximum Gasteiger partial charge on any atom is 0.0954 e. The first-order valence-electron chi connectivity index (χ1n) is 9.01. The van der Waals surface area contributed by atoms with Gasteiger partial charge in [-0.1, -0.05) is 19.9 Å². The molecule has 1 aliphatic rings. The van der Waals surface area contributed by atoms with E-state index < -0.39 is 0 Å². The van der Waals surface area contributed by atoms with Gasteiger partial charge in [-0.2, -0.15) is 0 Å². The molecule has 4 nitrogen and oxygen atoms in total. The standard InChI is InChI=1S/C19H28N4S/c1-15(2)19-22-17(14-24-19)13-23(12-16-6-3-4-10-21-16)18-7-5-9-20-11-8-18/h3-4,6,10,14-15,18,20H,5,7-9,11-13H2,1-2H3. The van der Waals surface area contributed by atoms with Crippen molar-refractivity contribution in [1.82, 2.24) is 20.2 Å². The SMILES string of the molecule is CC(C)c1nc(CN(Cc2ccccn2)C2CCCNCC2)cs1. The zero-order chi connectivity index (χ0) is 16.8. The summed E-state index contributed by atoms with van der Waals surface area (Å²) >= 11 is 1.79. The highest BCUT2D eigenvalue weighted by Gasteiger charge is 2.22. The van der Waals surface area contributed by atoms with Gasteiger partial charge in [0.2, 0.25) is 0 Å². The van der Waals surface area contributed by atoms with Crippen molar-refractivity contribution in [3.63, 3.8) is 0 Å². The van der Waals surface area contributed by atoms with Crippen molar-refractivity contribution in [3.05, 3.63) is 46.2 Å². The van der Waals surface area contributed by atoms with Gasteiger partial charge in [-0.05, 0) is 44.5 Å². The third-order valence-electron chi connectivity index (χ3n) is 4.58. The number of hydrogen-bond acceptors (Lipinski definition) is 5. The van der Waals surface area contributed by atoms with Crippen molar-refractivity contribution in [3.8, 4) is 0 Å². The molecule has 0 aromatic carbocycles. The molecular formula is C19H28N4S. The van der Waals surface area contributed by atoms with Crippen molar-refractivity contribution < 1.29 is 0 Å². The minimum absolute atomic E-state index is 0.509. The van der Waals surface area contributed by atoms with Crippen LogP contribution >= 0.6 is 11.3 Å². The fourth-order valence-electron chi connectivity index (χ4n) is 3.25. The summed E-state index contributed by atoms with van der Waals surface area (Å²) in [5.41, 5.74) is 2.35. The Balaban J connectivity index is 1.74. The van der Waals surface area contributed by atoms with Gasteiger partial charge in [-0.25, -0.2) is 4.98 Å². The Kier molecular flexibility index (Phi) is 6.35. The molecule has 0 aliphatic carbocycles. The van der Waals surface area contributed by atoms with Gasteiger partial charge in [-0.3, -0.25) is 9.88 Å². The van der Waals surface area contributed by atoms with E-state index >= 15 is 0 Å². The number of thiazole rings is 1. The van der Waals surface area contributed by atoms with E-state index in [-0.39, 0.29) is 0 Å². The molecule has 1 saturated heterocycles. The Morgan fingerprint density at radius 1 is 1.21 bits per heavy atom. The zero-order valence-electron chi connectivity index (χ0n) is 14.7. The van der Waals surface area contributed by atoms with Crippen molar-refractivity contribution in [2.45, 2.75) is 58.2 Å². The number of aromatic nitrogens is 2. The van der Waals surface area contributed by atoms with Crippen LogP contribution in [-0.2, 0) is 13.1 Å². The molecule has 130 valence electrons. The van der Waals surface area contributed by atoms with Crippen molar-refractivity contribution >= 4 is 11.3 Å². The molecule has 0 spiro atoms. The second kappa shape index (κ2) is 8.70. The summed E-state index contributed by atoms with van der Waals surface area (Å²) in [6, 6.07) is 6.79. The normalized spacial score (nSPS) is 18.9. The Morgan fingerprint density at radius 2 is 2.08 bits per heavy atom. The van der Waals surface area contributed by atoms with Crippen LogP contribution in [0.2, 0.25) is 0 Å². The molecule has 1 aliphatic heterocycles. The number of nitrogens with zero attached hydrogens (tertiary/aromatic N) is 3. The summed E-state index contributed by atoms with van der Waals surface area (Å²) in [5, 5.41) is 7.00. The van der Waals surface area contributed by atoms with Crippen LogP contribution < -0.4 is 5.32 Å². The summed E-state index contributed by atoms with van der Waals surface area (Å²) in [4.78, 5) is 12.0. The topological polar surface area (TPSA) is 41.1 Å². The maximum atomic E-state index is 4.85. The van der Waals surface area contributed by atoms with Crippen LogP contribution in [0, 0.1) is 0 Å². The highest BCUT2D eigenvalue weighted by atomic mass is 32.1. The predicted molar refractivity (Wildman–Crippen MR) is 100 cm³/mol. The molecular weight excluding hydrogens is 316 g/mol. The molecule has 1 fully saturated rings. The van der Waals surface area contributed by atoms with Gasteiger partial charge in [0.05, 0.1) is 16.4 Å². The molecule has 1 N–H and O–H groups in total. The second-order valence-corrected chi connectivity index (χ2v) is 7.78. The van der Waals surface area contributed by atoms with E-state index in [1.54, 1.807) is 11.3 Å². The zero-order valence-corrected chi connectivity index (χ0v) is 15.6. The molecule has 24 heavy (non-hydrogen) atoms. The summed E-state index contributed by atoms with van der Waals surface area (Å²) in [6.07, 6.45) is 5.59. The Bertz CT molecular complexity index is 603. The van der Waals surface area contributed by atoms with Gasteiger partial charge in [0.25, 0.3) is 0 Å². The Morgan fingerprint density at radius 3 is 2.83 bits per heavy atom. The molecule has 0 radical (unpaired) electrons. The second-order valence-electron chi connectivity index (χ2n) is 6.89. The maximum absolute atomic E-state index is 4.85. The first-order chi connectivity index (χ1) is 11.7. The number of nitrogens with one attached hydrogen (secondary N) is 1. The van der Waals surface area contributed by atoms with Crippen LogP contribution in [0.25, 0.3) is 0 Å². The average Bonchev–Trinajstić information content (AvgIpc) is 2.89. The van der Waals surface area contributed by atoms with Crippen LogP contribution in [0.3, 0.4) is 0 Å². The van der Waals surface area contributed by atoms with Crippen LogP contribution in [-0.4, -0.2) is 34.0 Å². The van der Waals surface area contributed by atoms with Gasteiger partial charge >= 0.3 is 0 Å². The first-order valence-corrected chi connectivity index (χ1v) is 9.89. The van der Waals surface area contributed by atoms with Crippen molar-refractivity contribution in [1.29, 1.82) is 0 Å². The lowest BCUT2D eigenvalue weighted by atomic mass is 10.1. The quantitative estimate of drug-likeness (QED) is 0.865. The Labute approximate surface area is 149 Å². The molecule has 3 rings (SSSR count). The van der Waals surface area contributed by atoms with Gasteiger partial charge in [0.1, 0.15) is 0 Å². The van der Waals surface area contributed by atoms with Crippen LogP contribution in [0.4, 0.5) is 0 Å². The number of hydrogen-bond donors (Lipinski definition) is 1. The number of rotatable bonds is 6. The molecule has 2 aromatic rings. The third kappa shape index (κ3) is 4.85. The van der Waals surface area contributed by atoms with Gasteiger partial charge in [0, 0.05) is 36.6 Å². The molecule has 0 bridgehead atoms. The van der Waals surface area contributed by atoms with E-state index in [1.807, 2.05) is 12.3 Å². The monoisotopic (exact) mass is 344 g/mol. The largest absolute Gasteiger partial charge is 0.317 e. The number of pyridine rings is 1. The summed E-state index contributed by atoms with van der Waals surface area (Å²) in [5.74, 6) is 0.509. The minimum atomic E-state index is 0.509. The lowest BCUT2D eigenvalue weighted by Crippen LogP contribution is -2.35.